The van der Waals surface area contributed by atoms with E-state index < -0.39 is 0 Å². The molecule has 1 fully saturated rings. The fourth-order valence-electron chi connectivity index (χ4n) is 1.14. The summed E-state index contributed by atoms with van der Waals surface area (Å²) in [5, 5.41) is 0. The summed E-state index contributed by atoms with van der Waals surface area (Å²) in [5.41, 5.74) is 0. The third kappa shape index (κ3) is 2.09. The summed E-state index contributed by atoms with van der Waals surface area (Å²) in [5.74, 6) is 0.746. The van der Waals surface area contributed by atoms with Crippen LogP contribution < -0.4 is 0 Å². The molecular formula is C6H13O2PS. The SMILES string of the molecule is CC1OC(P)CC1OCS. The van der Waals surface area contributed by atoms with Gasteiger partial charge in [0.25, 0.3) is 0 Å². The lowest BCUT2D eigenvalue weighted by Crippen LogP contribution is -2.20. The fourth-order valence-corrected chi connectivity index (χ4v) is 1.85. The molecule has 0 aromatic carbocycles. The molecule has 4 heteroatoms. The van der Waals surface area contributed by atoms with Crippen LogP contribution in [0.25, 0.3) is 0 Å². The minimum atomic E-state index is 0.217. The van der Waals surface area contributed by atoms with E-state index in [9.17, 15) is 0 Å². The standard InChI is InChI=1S/C6H13O2PS/c1-4-5(7-3-10)2-6(9)8-4/h4-6,10H,2-3,9H2,1H3. The summed E-state index contributed by atoms with van der Waals surface area (Å²) in [4.78, 5) is 0. The Balaban J connectivity index is 2.31. The zero-order valence-electron chi connectivity index (χ0n) is 5.99. The van der Waals surface area contributed by atoms with Crippen LogP contribution in [0.4, 0.5) is 0 Å². The highest BCUT2D eigenvalue weighted by atomic mass is 32.1. The van der Waals surface area contributed by atoms with Gasteiger partial charge in [-0.15, -0.1) is 9.24 Å². The molecule has 0 radical (unpaired) electrons. The molecule has 0 aromatic rings. The van der Waals surface area contributed by atoms with Crippen LogP contribution >= 0.6 is 21.9 Å². The smallest absolute Gasteiger partial charge is 0.0897 e. The summed E-state index contributed by atoms with van der Waals surface area (Å²) in [6, 6.07) is 0. The first kappa shape index (κ1) is 8.79. The maximum absolute atomic E-state index is 5.43. The lowest BCUT2D eigenvalue weighted by molar-refractivity contribution is 0.0166. The predicted octanol–water partition coefficient (Wildman–Crippen LogP) is 1.27. The Morgan fingerprint density at radius 3 is 2.90 bits per heavy atom. The van der Waals surface area contributed by atoms with Gasteiger partial charge in [0.1, 0.15) is 0 Å². The van der Waals surface area contributed by atoms with Crippen molar-refractivity contribution in [3.63, 3.8) is 0 Å². The van der Waals surface area contributed by atoms with E-state index in [2.05, 4.69) is 21.9 Å². The molecule has 2 nitrogen and oxygen atoms in total. The fraction of sp³-hybridized carbons (Fsp3) is 1.00. The van der Waals surface area contributed by atoms with Crippen molar-refractivity contribution in [3.8, 4) is 0 Å². The molecule has 0 N–H and O–H groups in total. The Kier molecular flexibility index (Phi) is 3.44. The van der Waals surface area contributed by atoms with E-state index in [0.717, 1.165) is 6.42 Å². The minimum Gasteiger partial charge on any atom is -0.369 e. The van der Waals surface area contributed by atoms with E-state index in [0.29, 0.717) is 5.94 Å². The largest absolute Gasteiger partial charge is 0.369 e. The van der Waals surface area contributed by atoms with Gasteiger partial charge in [0.2, 0.25) is 0 Å². The Bertz CT molecular complexity index is 112. The van der Waals surface area contributed by atoms with Gasteiger partial charge in [-0.3, -0.25) is 0 Å². The Morgan fingerprint density at radius 2 is 2.50 bits per heavy atom. The van der Waals surface area contributed by atoms with Crippen LogP contribution in [0.1, 0.15) is 13.3 Å². The van der Waals surface area contributed by atoms with Gasteiger partial charge in [0.15, 0.2) is 0 Å². The molecule has 1 aliphatic rings. The summed E-state index contributed by atoms with van der Waals surface area (Å²) in [6.45, 7) is 2.03. The summed E-state index contributed by atoms with van der Waals surface area (Å²) < 4.78 is 10.7. The van der Waals surface area contributed by atoms with Gasteiger partial charge in [-0.1, -0.05) is 0 Å². The predicted molar refractivity (Wildman–Crippen MR) is 47.4 cm³/mol. The molecule has 0 amide bonds. The first-order chi connectivity index (χ1) is 4.74. The molecule has 1 rings (SSSR count). The topological polar surface area (TPSA) is 18.5 Å². The second-order valence-electron chi connectivity index (χ2n) is 2.45. The lowest BCUT2D eigenvalue weighted by atomic mass is 10.2. The van der Waals surface area contributed by atoms with E-state index in [1.165, 1.54) is 0 Å². The number of thiol groups is 1. The second kappa shape index (κ2) is 3.91. The van der Waals surface area contributed by atoms with Crippen molar-refractivity contribution in [2.45, 2.75) is 31.4 Å². The van der Waals surface area contributed by atoms with Crippen molar-refractivity contribution in [2.75, 3.05) is 5.94 Å². The molecule has 0 saturated carbocycles. The van der Waals surface area contributed by atoms with Crippen LogP contribution in [0.5, 0.6) is 0 Å². The average molecular weight is 180 g/mol. The van der Waals surface area contributed by atoms with Crippen molar-refractivity contribution in [1.82, 2.24) is 0 Å². The van der Waals surface area contributed by atoms with E-state index in [-0.39, 0.29) is 18.1 Å². The van der Waals surface area contributed by atoms with Crippen LogP contribution in [0, 0.1) is 0 Å². The van der Waals surface area contributed by atoms with Crippen molar-refractivity contribution >= 4 is 21.9 Å². The zero-order chi connectivity index (χ0) is 7.56. The van der Waals surface area contributed by atoms with E-state index in [1.807, 2.05) is 6.92 Å². The maximum atomic E-state index is 5.43. The van der Waals surface area contributed by atoms with Crippen molar-refractivity contribution < 1.29 is 9.47 Å². The summed E-state index contributed by atoms with van der Waals surface area (Å²) >= 11 is 3.98. The molecule has 60 valence electrons. The minimum absolute atomic E-state index is 0.217. The molecular weight excluding hydrogens is 167 g/mol. The van der Waals surface area contributed by atoms with Crippen LogP contribution in [-0.4, -0.2) is 24.0 Å². The third-order valence-corrected chi connectivity index (χ3v) is 2.24. The summed E-state index contributed by atoms with van der Waals surface area (Å²) in [6.07, 6.45) is 1.42. The quantitative estimate of drug-likeness (QED) is 0.392. The molecule has 10 heavy (non-hydrogen) atoms. The molecule has 0 aliphatic carbocycles. The normalized spacial score (nSPS) is 40.5. The molecule has 0 bridgehead atoms. The second-order valence-corrected chi connectivity index (χ2v) is 3.45. The number of rotatable bonds is 2. The van der Waals surface area contributed by atoms with Gasteiger partial charge in [-0.25, -0.2) is 0 Å². The highest BCUT2D eigenvalue weighted by Crippen LogP contribution is 2.26. The average Bonchev–Trinajstić information content (AvgIpc) is 2.13. The number of hydrogen-bond acceptors (Lipinski definition) is 3. The Hall–Kier alpha value is 0.700. The third-order valence-electron chi connectivity index (χ3n) is 1.67. The van der Waals surface area contributed by atoms with Crippen LogP contribution in [0.3, 0.4) is 0 Å². The van der Waals surface area contributed by atoms with Gasteiger partial charge in [-0.2, -0.15) is 12.6 Å². The first-order valence-corrected chi connectivity index (χ1v) is 4.67. The lowest BCUT2D eigenvalue weighted by Gasteiger charge is -2.12. The van der Waals surface area contributed by atoms with E-state index >= 15 is 0 Å². The van der Waals surface area contributed by atoms with Crippen LogP contribution in [-0.2, 0) is 9.47 Å². The number of hydrogen-bond donors (Lipinski definition) is 1. The van der Waals surface area contributed by atoms with E-state index in [4.69, 9.17) is 9.47 Å². The van der Waals surface area contributed by atoms with Gasteiger partial charge in [0.05, 0.1) is 24.0 Å². The molecule has 0 spiro atoms. The molecule has 1 aliphatic heterocycles. The van der Waals surface area contributed by atoms with Gasteiger partial charge < -0.3 is 9.47 Å². The van der Waals surface area contributed by atoms with Crippen LogP contribution in [0.15, 0.2) is 0 Å². The highest BCUT2D eigenvalue weighted by molar-refractivity contribution is 7.80. The van der Waals surface area contributed by atoms with Crippen molar-refractivity contribution in [2.24, 2.45) is 0 Å². The van der Waals surface area contributed by atoms with Crippen molar-refractivity contribution in [3.05, 3.63) is 0 Å². The maximum Gasteiger partial charge on any atom is 0.0897 e. The number of ether oxygens (including phenoxy) is 2. The Labute approximate surface area is 69.3 Å². The Morgan fingerprint density at radius 1 is 1.80 bits per heavy atom. The zero-order valence-corrected chi connectivity index (χ0v) is 8.04. The van der Waals surface area contributed by atoms with Gasteiger partial charge in [-0.05, 0) is 6.92 Å². The highest BCUT2D eigenvalue weighted by Gasteiger charge is 2.29. The summed E-state index contributed by atoms with van der Waals surface area (Å²) in [7, 11) is 2.64. The van der Waals surface area contributed by atoms with E-state index in [1.54, 1.807) is 0 Å². The molecule has 1 heterocycles. The molecule has 4 unspecified atom stereocenters. The van der Waals surface area contributed by atoms with Crippen molar-refractivity contribution in [1.29, 1.82) is 0 Å². The van der Waals surface area contributed by atoms with Crippen LogP contribution in [0.2, 0.25) is 0 Å². The van der Waals surface area contributed by atoms with Gasteiger partial charge >= 0.3 is 0 Å². The van der Waals surface area contributed by atoms with Gasteiger partial charge in [0, 0.05) is 6.42 Å². The molecule has 4 atom stereocenters. The first-order valence-electron chi connectivity index (χ1n) is 3.37. The molecule has 1 saturated heterocycles. The molecule has 0 aromatic heterocycles. The monoisotopic (exact) mass is 180 g/mol.